The largest absolute Gasteiger partial charge is 0.481 e. The van der Waals surface area contributed by atoms with E-state index in [4.69, 9.17) is 5.11 Å². The molecule has 1 aliphatic heterocycles. The Labute approximate surface area is 143 Å². The number of hydrogen-bond donors (Lipinski definition) is 1. The van der Waals surface area contributed by atoms with Gasteiger partial charge in [-0.15, -0.1) is 0 Å². The van der Waals surface area contributed by atoms with Crippen LogP contribution in [0, 0.1) is 17.3 Å². The van der Waals surface area contributed by atoms with Crippen molar-refractivity contribution >= 4 is 22.0 Å². The minimum atomic E-state index is -4.82. The molecule has 0 bridgehead atoms. The Hall–Kier alpha value is -1.36. The monoisotopic (exact) mass is 387 g/mol. The van der Waals surface area contributed by atoms with Crippen LogP contribution in [0.2, 0.25) is 0 Å². The Kier molecular flexibility index (Phi) is 5.39. The first-order chi connectivity index (χ1) is 11.4. The predicted molar refractivity (Wildman–Crippen MR) is 78.9 cm³/mol. The molecule has 2 aliphatic rings. The number of aliphatic carboxylic acids is 1. The number of esters is 1. The third kappa shape index (κ3) is 3.91. The van der Waals surface area contributed by atoms with Crippen LogP contribution in [0.1, 0.15) is 25.7 Å². The second-order valence-corrected chi connectivity index (χ2v) is 8.61. The van der Waals surface area contributed by atoms with E-state index >= 15 is 0 Å². The Morgan fingerprint density at radius 1 is 1.24 bits per heavy atom. The van der Waals surface area contributed by atoms with Crippen LogP contribution in [0.4, 0.5) is 13.2 Å². The van der Waals surface area contributed by atoms with Crippen molar-refractivity contribution in [3.8, 4) is 0 Å². The number of alkyl halides is 3. The third-order valence-corrected chi connectivity index (χ3v) is 7.06. The molecule has 11 heteroatoms. The van der Waals surface area contributed by atoms with Gasteiger partial charge in [0.1, 0.15) is 0 Å². The Bertz CT molecular complexity index is 641. The van der Waals surface area contributed by atoms with Crippen LogP contribution >= 0.6 is 0 Å². The molecule has 1 aliphatic carbocycles. The summed E-state index contributed by atoms with van der Waals surface area (Å²) in [5.41, 5.74) is -1.28. The number of rotatable bonds is 5. The number of sulfonamides is 1. The standard InChI is InChI=1S/C14H20F3NO6S/c1-24-12(21)13(4-2-3-5-13)8-25(22,23)18-6-9(11(19)20)10(7-18)14(15,16)17/h9-10H,2-8H2,1H3,(H,19,20)/t9-,10-/m1/s1. The summed E-state index contributed by atoms with van der Waals surface area (Å²) >= 11 is 0. The molecule has 0 radical (unpaired) electrons. The minimum Gasteiger partial charge on any atom is -0.481 e. The molecule has 0 aromatic heterocycles. The maximum absolute atomic E-state index is 13.0. The molecule has 2 atom stereocenters. The van der Waals surface area contributed by atoms with Gasteiger partial charge in [0.25, 0.3) is 0 Å². The summed E-state index contributed by atoms with van der Waals surface area (Å²) in [6.07, 6.45) is -3.03. The summed E-state index contributed by atoms with van der Waals surface area (Å²) in [5.74, 6) is -7.17. The van der Waals surface area contributed by atoms with Gasteiger partial charge in [0.2, 0.25) is 10.0 Å². The number of methoxy groups -OCH3 is 1. The molecule has 1 saturated carbocycles. The SMILES string of the molecule is COC(=O)C1(CS(=O)(=O)N2C[C@@H](C(F)(F)F)[C@H](C(=O)O)C2)CCCC1. The van der Waals surface area contributed by atoms with Gasteiger partial charge in [-0.2, -0.15) is 13.2 Å². The van der Waals surface area contributed by atoms with Crippen LogP contribution < -0.4 is 0 Å². The highest BCUT2D eigenvalue weighted by Gasteiger charge is 2.56. The molecule has 25 heavy (non-hydrogen) atoms. The van der Waals surface area contributed by atoms with E-state index in [0.29, 0.717) is 17.1 Å². The van der Waals surface area contributed by atoms with Crippen molar-refractivity contribution < 1.29 is 41.0 Å². The Morgan fingerprint density at radius 3 is 2.20 bits per heavy atom. The van der Waals surface area contributed by atoms with Crippen LogP contribution in [0.5, 0.6) is 0 Å². The summed E-state index contributed by atoms with van der Waals surface area (Å²) in [7, 11) is -3.12. The molecular formula is C14H20F3NO6S. The van der Waals surface area contributed by atoms with Gasteiger partial charge in [0.05, 0.1) is 30.1 Å². The number of ether oxygens (including phenoxy) is 1. The summed E-state index contributed by atoms with van der Waals surface area (Å²) < 4.78 is 69.6. The fraction of sp³-hybridized carbons (Fsp3) is 0.857. The van der Waals surface area contributed by atoms with Gasteiger partial charge >= 0.3 is 18.1 Å². The van der Waals surface area contributed by atoms with Crippen LogP contribution in [-0.2, 0) is 24.3 Å². The van der Waals surface area contributed by atoms with E-state index in [1.54, 1.807) is 0 Å². The molecule has 0 aromatic rings. The molecule has 7 nitrogen and oxygen atoms in total. The molecule has 2 rings (SSSR count). The summed E-state index contributed by atoms with van der Waals surface area (Å²) in [6.45, 7) is -1.70. The average molecular weight is 387 g/mol. The van der Waals surface area contributed by atoms with Gasteiger partial charge in [-0.25, -0.2) is 12.7 Å². The lowest BCUT2D eigenvalue weighted by molar-refractivity contribution is -0.187. The zero-order chi connectivity index (χ0) is 19.0. The first-order valence-electron chi connectivity index (χ1n) is 7.79. The number of carboxylic acid groups (broad SMARTS) is 1. The van der Waals surface area contributed by atoms with Gasteiger partial charge in [0, 0.05) is 13.1 Å². The smallest absolute Gasteiger partial charge is 0.393 e. The molecule has 0 spiro atoms. The maximum atomic E-state index is 13.0. The van der Waals surface area contributed by atoms with Crippen molar-refractivity contribution in [3.05, 3.63) is 0 Å². The van der Waals surface area contributed by atoms with Gasteiger partial charge < -0.3 is 9.84 Å². The first kappa shape index (κ1) is 20.0. The minimum absolute atomic E-state index is 0.276. The predicted octanol–water partition coefficient (Wildman–Crippen LogP) is 1.24. The highest BCUT2D eigenvalue weighted by Crippen LogP contribution is 2.43. The fourth-order valence-electron chi connectivity index (χ4n) is 3.69. The van der Waals surface area contributed by atoms with Crippen molar-refractivity contribution in [1.82, 2.24) is 4.31 Å². The summed E-state index contributed by atoms with van der Waals surface area (Å²) in [5, 5.41) is 9.00. The maximum Gasteiger partial charge on any atom is 0.393 e. The third-order valence-electron chi connectivity index (χ3n) is 5.06. The Morgan fingerprint density at radius 2 is 1.80 bits per heavy atom. The Balaban J connectivity index is 2.25. The topological polar surface area (TPSA) is 101 Å². The molecule has 144 valence electrons. The summed E-state index contributed by atoms with van der Waals surface area (Å²) in [6, 6.07) is 0. The number of carbonyl (C=O) groups excluding carboxylic acids is 1. The fourth-order valence-corrected chi connectivity index (χ4v) is 5.76. The molecule has 1 heterocycles. The van der Waals surface area contributed by atoms with Crippen LogP contribution in [-0.4, -0.2) is 61.9 Å². The lowest BCUT2D eigenvalue weighted by Crippen LogP contribution is -2.42. The van der Waals surface area contributed by atoms with Gasteiger partial charge in [0.15, 0.2) is 0 Å². The zero-order valence-electron chi connectivity index (χ0n) is 13.6. The molecular weight excluding hydrogens is 367 g/mol. The van der Waals surface area contributed by atoms with Crippen molar-refractivity contribution in [2.24, 2.45) is 17.3 Å². The van der Waals surface area contributed by atoms with E-state index in [0.717, 1.165) is 7.11 Å². The number of nitrogens with zero attached hydrogens (tertiary/aromatic N) is 1. The molecule has 0 unspecified atom stereocenters. The van der Waals surface area contributed by atoms with Gasteiger partial charge in [-0.05, 0) is 12.8 Å². The van der Waals surface area contributed by atoms with Crippen molar-refractivity contribution in [2.45, 2.75) is 31.9 Å². The lowest BCUT2D eigenvalue weighted by atomic mass is 9.89. The zero-order valence-corrected chi connectivity index (χ0v) is 14.4. The van der Waals surface area contributed by atoms with E-state index in [2.05, 4.69) is 4.74 Å². The molecule has 1 N–H and O–H groups in total. The highest BCUT2D eigenvalue weighted by atomic mass is 32.2. The quantitative estimate of drug-likeness (QED) is 0.713. The van der Waals surface area contributed by atoms with Crippen molar-refractivity contribution in [2.75, 3.05) is 26.0 Å². The van der Waals surface area contributed by atoms with Crippen LogP contribution in [0.3, 0.4) is 0 Å². The van der Waals surface area contributed by atoms with E-state index in [1.165, 1.54) is 0 Å². The van der Waals surface area contributed by atoms with E-state index in [9.17, 15) is 31.2 Å². The average Bonchev–Trinajstić information content (AvgIpc) is 3.12. The molecule has 2 fully saturated rings. The normalized spacial score (nSPS) is 27.4. The van der Waals surface area contributed by atoms with E-state index in [-0.39, 0.29) is 12.8 Å². The molecule has 0 aromatic carbocycles. The van der Waals surface area contributed by atoms with Gasteiger partial charge in [-0.3, -0.25) is 9.59 Å². The van der Waals surface area contributed by atoms with Gasteiger partial charge in [-0.1, -0.05) is 12.8 Å². The second kappa shape index (κ2) is 6.75. The summed E-state index contributed by atoms with van der Waals surface area (Å²) in [4.78, 5) is 23.1. The highest BCUT2D eigenvalue weighted by molar-refractivity contribution is 7.89. The number of carboxylic acids is 1. The van der Waals surface area contributed by atoms with Crippen molar-refractivity contribution in [3.63, 3.8) is 0 Å². The number of hydrogen-bond acceptors (Lipinski definition) is 5. The second-order valence-electron chi connectivity index (χ2n) is 6.65. The van der Waals surface area contributed by atoms with E-state index < -0.39 is 64.2 Å². The number of carbonyl (C=O) groups is 2. The lowest BCUT2D eigenvalue weighted by Gasteiger charge is -2.28. The van der Waals surface area contributed by atoms with Crippen LogP contribution in [0.15, 0.2) is 0 Å². The first-order valence-corrected chi connectivity index (χ1v) is 9.40. The molecule has 1 saturated heterocycles. The number of halogens is 3. The van der Waals surface area contributed by atoms with Crippen molar-refractivity contribution in [1.29, 1.82) is 0 Å². The van der Waals surface area contributed by atoms with Crippen LogP contribution in [0.25, 0.3) is 0 Å². The molecule has 0 amide bonds. The van der Waals surface area contributed by atoms with E-state index in [1.807, 2.05) is 0 Å².